The van der Waals surface area contributed by atoms with Crippen molar-refractivity contribution >= 4 is 17.7 Å². The van der Waals surface area contributed by atoms with E-state index in [1.165, 1.54) is 11.8 Å². The molecule has 0 rings (SSSR count). The van der Waals surface area contributed by atoms with Gasteiger partial charge in [0, 0.05) is 12.6 Å². The van der Waals surface area contributed by atoms with Crippen molar-refractivity contribution in [3.05, 3.63) is 0 Å². The molecule has 0 spiro atoms. The van der Waals surface area contributed by atoms with Crippen LogP contribution in [0.4, 0.5) is 0 Å². The molecule has 1 unspecified atom stereocenters. The highest BCUT2D eigenvalue weighted by molar-refractivity contribution is 7.99. The first kappa shape index (κ1) is 10.8. The predicted molar refractivity (Wildman–Crippen MR) is 47.7 cm³/mol. The van der Waals surface area contributed by atoms with E-state index in [-0.39, 0.29) is 18.6 Å². The Hall–Kier alpha value is -0.220. The van der Waals surface area contributed by atoms with Gasteiger partial charge in [-0.2, -0.15) is 11.8 Å². The SMILES string of the molecule is CSCC(=O)NC(C)CCO. The monoisotopic (exact) mass is 177 g/mol. The van der Waals surface area contributed by atoms with Gasteiger partial charge in [-0.1, -0.05) is 0 Å². The summed E-state index contributed by atoms with van der Waals surface area (Å²) >= 11 is 1.50. The molecule has 0 aliphatic carbocycles. The maximum Gasteiger partial charge on any atom is 0.230 e. The number of aliphatic hydroxyl groups is 1. The van der Waals surface area contributed by atoms with Crippen molar-refractivity contribution in [2.45, 2.75) is 19.4 Å². The Balaban J connectivity index is 3.40. The van der Waals surface area contributed by atoms with Crippen molar-refractivity contribution in [2.24, 2.45) is 0 Å². The second kappa shape index (κ2) is 6.49. The van der Waals surface area contributed by atoms with Crippen LogP contribution in [-0.4, -0.2) is 35.7 Å². The van der Waals surface area contributed by atoms with Gasteiger partial charge >= 0.3 is 0 Å². The third kappa shape index (κ3) is 6.19. The maximum atomic E-state index is 10.9. The van der Waals surface area contributed by atoms with Crippen molar-refractivity contribution in [2.75, 3.05) is 18.6 Å². The lowest BCUT2D eigenvalue weighted by molar-refractivity contribution is -0.119. The molecule has 66 valence electrons. The molecule has 2 N–H and O–H groups in total. The normalized spacial score (nSPS) is 12.6. The Morgan fingerprint density at radius 1 is 1.73 bits per heavy atom. The average molecular weight is 177 g/mol. The minimum Gasteiger partial charge on any atom is -0.396 e. The minimum atomic E-state index is 0.0402. The van der Waals surface area contributed by atoms with Gasteiger partial charge in [-0.25, -0.2) is 0 Å². The first-order valence-electron chi connectivity index (χ1n) is 3.60. The Kier molecular flexibility index (Phi) is 6.36. The van der Waals surface area contributed by atoms with Crippen molar-refractivity contribution in [1.82, 2.24) is 5.32 Å². The summed E-state index contributed by atoms with van der Waals surface area (Å²) < 4.78 is 0. The van der Waals surface area contributed by atoms with Crippen LogP contribution in [-0.2, 0) is 4.79 Å². The zero-order valence-corrected chi connectivity index (χ0v) is 7.78. The van der Waals surface area contributed by atoms with Gasteiger partial charge in [0.05, 0.1) is 5.75 Å². The van der Waals surface area contributed by atoms with E-state index >= 15 is 0 Å². The highest BCUT2D eigenvalue weighted by Crippen LogP contribution is 1.93. The summed E-state index contributed by atoms with van der Waals surface area (Å²) in [5.74, 6) is 0.536. The lowest BCUT2D eigenvalue weighted by Gasteiger charge is -2.11. The third-order valence-corrected chi connectivity index (χ3v) is 1.80. The van der Waals surface area contributed by atoms with Gasteiger partial charge in [-0.3, -0.25) is 4.79 Å². The van der Waals surface area contributed by atoms with Gasteiger partial charge in [0.1, 0.15) is 0 Å². The van der Waals surface area contributed by atoms with Crippen LogP contribution in [0.15, 0.2) is 0 Å². The summed E-state index contributed by atoms with van der Waals surface area (Å²) in [6, 6.07) is 0.0830. The first-order chi connectivity index (χ1) is 5.20. The molecule has 0 saturated carbocycles. The lowest BCUT2D eigenvalue weighted by Crippen LogP contribution is -2.34. The van der Waals surface area contributed by atoms with Crippen LogP contribution in [0.1, 0.15) is 13.3 Å². The fraction of sp³-hybridized carbons (Fsp3) is 0.857. The summed E-state index contributed by atoms with van der Waals surface area (Å²) in [7, 11) is 0. The maximum absolute atomic E-state index is 10.9. The van der Waals surface area contributed by atoms with Gasteiger partial charge in [-0.05, 0) is 19.6 Å². The van der Waals surface area contributed by atoms with Gasteiger partial charge in [-0.15, -0.1) is 0 Å². The molecule has 1 amide bonds. The molecule has 0 saturated heterocycles. The van der Waals surface area contributed by atoms with E-state index in [0.717, 1.165) is 0 Å². The second-order valence-electron chi connectivity index (χ2n) is 2.41. The van der Waals surface area contributed by atoms with Gasteiger partial charge in [0.25, 0.3) is 0 Å². The Bertz CT molecular complexity index is 119. The van der Waals surface area contributed by atoms with Gasteiger partial charge < -0.3 is 10.4 Å². The summed E-state index contributed by atoms with van der Waals surface area (Å²) in [5, 5.41) is 11.3. The number of thioether (sulfide) groups is 1. The first-order valence-corrected chi connectivity index (χ1v) is 4.99. The molecule has 0 bridgehead atoms. The van der Waals surface area contributed by atoms with Gasteiger partial charge in [0.15, 0.2) is 0 Å². The van der Waals surface area contributed by atoms with Crippen LogP contribution in [0.2, 0.25) is 0 Å². The molecule has 0 fully saturated rings. The largest absolute Gasteiger partial charge is 0.396 e. The molecule has 0 aromatic carbocycles. The standard InChI is InChI=1S/C7H15NO2S/c1-6(3-4-9)8-7(10)5-11-2/h6,9H,3-5H2,1-2H3,(H,8,10). The number of rotatable bonds is 5. The van der Waals surface area contributed by atoms with Crippen molar-refractivity contribution in [3.63, 3.8) is 0 Å². The second-order valence-corrected chi connectivity index (χ2v) is 3.28. The number of nitrogens with one attached hydrogen (secondary N) is 1. The number of carbonyl (C=O) groups excluding carboxylic acids is 1. The summed E-state index contributed by atoms with van der Waals surface area (Å²) in [5.41, 5.74) is 0. The molecule has 3 nitrogen and oxygen atoms in total. The van der Waals surface area contributed by atoms with E-state index in [4.69, 9.17) is 5.11 Å². The highest BCUT2D eigenvalue weighted by Gasteiger charge is 2.04. The zero-order valence-electron chi connectivity index (χ0n) is 6.96. The van der Waals surface area contributed by atoms with E-state index in [1.807, 2.05) is 13.2 Å². The minimum absolute atomic E-state index is 0.0402. The Morgan fingerprint density at radius 2 is 2.36 bits per heavy atom. The van der Waals surface area contributed by atoms with Crippen molar-refractivity contribution < 1.29 is 9.90 Å². The molecule has 0 aliphatic rings. The number of hydrogen-bond acceptors (Lipinski definition) is 3. The third-order valence-electron chi connectivity index (χ3n) is 1.24. The average Bonchev–Trinajstić information content (AvgIpc) is 1.87. The molecule has 0 radical (unpaired) electrons. The quantitative estimate of drug-likeness (QED) is 0.632. The van der Waals surface area contributed by atoms with Gasteiger partial charge in [0.2, 0.25) is 5.91 Å². The van der Waals surface area contributed by atoms with Crippen molar-refractivity contribution in [1.29, 1.82) is 0 Å². The molecule has 0 heterocycles. The summed E-state index contributed by atoms with van der Waals surface area (Å²) in [6.07, 6.45) is 2.51. The molecule has 0 aromatic heterocycles. The number of hydrogen-bond donors (Lipinski definition) is 2. The highest BCUT2D eigenvalue weighted by atomic mass is 32.2. The van der Waals surface area contributed by atoms with E-state index in [2.05, 4.69) is 5.32 Å². The topological polar surface area (TPSA) is 49.3 Å². The summed E-state index contributed by atoms with van der Waals surface area (Å²) in [4.78, 5) is 10.9. The Labute approximate surface area is 71.6 Å². The van der Waals surface area contributed by atoms with Crippen LogP contribution in [0, 0.1) is 0 Å². The smallest absolute Gasteiger partial charge is 0.230 e. The Morgan fingerprint density at radius 3 is 2.82 bits per heavy atom. The zero-order chi connectivity index (χ0) is 8.69. The van der Waals surface area contributed by atoms with E-state index in [1.54, 1.807) is 0 Å². The van der Waals surface area contributed by atoms with Crippen molar-refractivity contribution in [3.8, 4) is 0 Å². The fourth-order valence-electron chi connectivity index (χ4n) is 0.713. The molecule has 1 atom stereocenters. The lowest BCUT2D eigenvalue weighted by atomic mass is 10.2. The molecular formula is C7H15NO2S. The predicted octanol–water partition coefficient (Wildman–Crippen LogP) is 0.236. The fourth-order valence-corrected chi connectivity index (χ4v) is 1.06. The van der Waals surface area contributed by atoms with E-state index in [9.17, 15) is 4.79 Å². The van der Waals surface area contributed by atoms with Crippen LogP contribution in [0.3, 0.4) is 0 Å². The summed E-state index contributed by atoms with van der Waals surface area (Å²) in [6.45, 7) is 2.01. The molecule has 0 aromatic rings. The number of amides is 1. The van der Waals surface area contributed by atoms with E-state index < -0.39 is 0 Å². The molecule has 11 heavy (non-hydrogen) atoms. The van der Waals surface area contributed by atoms with Crippen LogP contribution < -0.4 is 5.32 Å². The van der Waals surface area contributed by atoms with Crippen LogP contribution in [0.5, 0.6) is 0 Å². The molecular weight excluding hydrogens is 162 g/mol. The van der Waals surface area contributed by atoms with Crippen LogP contribution in [0.25, 0.3) is 0 Å². The van der Waals surface area contributed by atoms with Crippen LogP contribution >= 0.6 is 11.8 Å². The molecule has 0 aliphatic heterocycles. The molecule has 4 heteroatoms. The number of carbonyl (C=O) groups is 1. The number of aliphatic hydroxyl groups excluding tert-OH is 1. The van der Waals surface area contributed by atoms with E-state index in [0.29, 0.717) is 12.2 Å².